The van der Waals surface area contributed by atoms with Gasteiger partial charge in [0.1, 0.15) is 29.4 Å². The molecule has 0 saturated carbocycles. The van der Waals surface area contributed by atoms with Crippen LogP contribution in [-0.2, 0) is 15.6 Å². The minimum Gasteiger partial charge on any atom is -0.496 e. The number of rotatable bonds is 6. The number of fused-ring (bicyclic) bond motifs is 1. The number of benzene rings is 2. The van der Waals surface area contributed by atoms with E-state index in [4.69, 9.17) is 10.5 Å². The number of nitrogens with two attached hydrogens (primary N) is 1. The fourth-order valence-corrected chi connectivity index (χ4v) is 6.34. The number of nitrogens with zero attached hydrogens (tertiary/aromatic N) is 3. The topological polar surface area (TPSA) is 112 Å². The summed E-state index contributed by atoms with van der Waals surface area (Å²) in [5, 5.41) is 3.92. The van der Waals surface area contributed by atoms with E-state index in [2.05, 4.69) is 15.3 Å². The summed E-state index contributed by atoms with van der Waals surface area (Å²) in [5.74, 6) is -0.225. The van der Waals surface area contributed by atoms with Crippen molar-refractivity contribution >= 4 is 26.7 Å². The molecular formula is C26H28FN5O3S. The summed E-state index contributed by atoms with van der Waals surface area (Å²) in [6, 6.07) is 9.62. The van der Waals surface area contributed by atoms with Crippen LogP contribution in [0.25, 0.3) is 22.2 Å². The molecule has 36 heavy (non-hydrogen) atoms. The molecule has 0 unspecified atom stereocenters. The molecule has 0 atom stereocenters. The van der Waals surface area contributed by atoms with Crippen LogP contribution in [0.3, 0.4) is 0 Å². The molecule has 188 valence electrons. The van der Waals surface area contributed by atoms with E-state index in [0.29, 0.717) is 27.9 Å². The third-order valence-corrected chi connectivity index (χ3v) is 8.44. The minimum absolute atomic E-state index is 0.0826. The number of ether oxygens (including phenoxy) is 1. The fourth-order valence-electron chi connectivity index (χ4n) is 4.91. The molecule has 0 radical (unpaired) electrons. The standard InChI is InChI=1S/C26H28FN5O3S/c1-16-12-19(6-7-22(16)35-2)36(33,34)14-17-4-3-5-20(24(17)27)21-13-32(18-8-10-29-11-9-18)26-23(21)25(28)30-15-31-26/h3-7,12-13,15,18,29H,8-11,14H2,1-2H3,(H2,28,30,31). The zero-order chi connectivity index (χ0) is 25.4. The van der Waals surface area contributed by atoms with E-state index in [1.165, 1.54) is 25.6 Å². The quantitative estimate of drug-likeness (QED) is 0.403. The van der Waals surface area contributed by atoms with Crippen LogP contribution < -0.4 is 15.8 Å². The molecule has 0 amide bonds. The molecule has 3 heterocycles. The Morgan fingerprint density at radius 2 is 1.94 bits per heavy atom. The largest absolute Gasteiger partial charge is 0.496 e. The number of sulfone groups is 1. The van der Waals surface area contributed by atoms with Crippen molar-refractivity contribution in [2.75, 3.05) is 25.9 Å². The molecule has 0 aliphatic carbocycles. The van der Waals surface area contributed by atoms with Gasteiger partial charge in [0.2, 0.25) is 0 Å². The minimum atomic E-state index is -3.80. The number of piperidine rings is 1. The second kappa shape index (κ2) is 9.51. The summed E-state index contributed by atoms with van der Waals surface area (Å²) >= 11 is 0. The van der Waals surface area contributed by atoms with Crippen LogP contribution in [0.1, 0.15) is 30.0 Å². The van der Waals surface area contributed by atoms with Crippen molar-refractivity contribution < 1.29 is 17.5 Å². The van der Waals surface area contributed by atoms with Gasteiger partial charge in [0.05, 0.1) is 23.1 Å². The van der Waals surface area contributed by atoms with Gasteiger partial charge in [-0.1, -0.05) is 18.2 Å². The Kier molecular flexibility index (Phi) is 6.40. The van der Waals surface area contributed by atoms with Gasteiger partial charge in [0.25, 0.3) is 0 Å². The lowest BCUT2D eigenvalue weighted by atomic mass is 10.0. The average Bonchev–Trinajstić information content (AvgIpc) is 3.26. The molecule has 5 rings (SSSR count). The third-order valence-electron chi connectivity index (χ3n) is 6.78. The molecule has 10 heteroatoms. The van der Waals surface area contributed by atoms with Crippen LogP contribution in [0.15, 0.2) is 53.8 Å². The molecule has 0 spiro atoms. The predicted octanol–water partition coefficient (Wildman–Crippen LogP) is 4.04. The summed E-state index contributed by atoms with van der Waals surface area (Å²) in [6.07, 6.45) is 5.11. The van der Waals surface area contributed by atoms with E-state index < -0.39 is 21.4 Å². The van der Waals surface area contributed by atoms with Crippen LogP contribution in [0.4, 0.5) is 10.2 Å². The molecule has 0 bridgehead atoms. The molecule has 1 aliphatic rings. The van der Waals surface area contributed by atoms with Crippen molar-refractivity contribution in [2.24, 2.45) is 0 Å². The van der Waals surface area contributed by atoms with Crippen LogP contribution in [0.5, 0.6) is 5.75 Å². The van der Waals surface area contributed by atoms with Crippen LogP contribution in [-0.4, -0.2) is 43.2 Å². The van der Waals surface area contributed by atoms with Gasteiger partial charge in [-0.15, -0.1) is 0 Å². The Morgan fingerprint density at radius 1 is 1.17 bits per heavy atom. The first-order valence-electron chi connectivity index (χ1n) is 11.8. The fraction of sp³-hybridized carbons (Fsp3) is 0.308. The van der Waals surface area contributed by atoms with E-state index in [0.717, 1.165) is 25.9 Å². The monoisotopic (exact) mass is 509 g/mol. The highest BCUT2D eigenvalue weighted by atomic mass is 32.2. The molecule has 1 saturated heterocycles. The second-order valence-electron chi connectivity index (χ2n) is 9.06. The molecule has 4 aromatic rings. The van der Waals surface area contributed by atoms with Crippen molar-refractivity contribution in [3.63, 3.8) is 0 Å². The van der Waals surface area contributed by atoms with Crippen molar-refractivity contribution in [1.82, 2.24) is 19.9 Å². The lowest BCUT2D eigenvalue weighted by Gasteiger charge is -2.24. The summed E-state index contributed by atoms with van der Waals surface area (Å²) in [7, 11) is -2.28. The smallest absolute Gasteiger partial charge is 0.182 e. The molecule has 1 fully saturated rings. The molecular weight excluding hydrogens is 481 g/mol. The van der Waals surface area contributed by atoms with Crippen molar-refractivity contribution in [2.45, 2.75) is 36.5 Å². The predicted molar refractivity (Wildman–Crippen MR) is 137 cm³/mol. The highest BCUT2D eigenvalue weighted by molar-refractivity contribution is 7.90. The highest BCUT2D eigenvalue weighted by Crippen LogP contribution is 2.38. The lowest BCUT2D eigenvalue weighted by Crippen LogP contribution is -2.29. The number of nitrogen functional groups attached to an aromatic ring is 1. The maximum Gasteiger partial charge on any atom is 0.182 e. The normalized spacial score (nSPS) is 14.9. The maximum atomic E-state index is 15.9. The second-order valence-corrected chi connectivity index (χ2v) is 11.0. The first kappa shape index (κ1) is 24.2. The third kappa shape index (κ3) is 4.31. The zero-order valence-corrected chi connectivity index (χ0v) is 21.0. The number of methoxy groups -OCH3 is 1. The van der Waals surface area contributed by atoms with E-state index >= 15 is 4.39 Å². The van der Waals surface area contributed by atoms with Gasteiger partial charge in [-0.2, -0.15) is 0 Å². The molecule has 1 aliphatic heterocycles. The Labute approximate surface area is 209 Å². The number of hydrogen-bond donors (Lipinski definition) is 2. The van der Waals surface area contributed by atoms with Gasteiger partial charge in [-0.05, 0) is 56.6 Å². The van der Waals surface area contributed by atoms with Crippen molar-refractivity contribution in [1.29, 1.82) is 0 Å². The summed E-state index contributed by atoms with van der Waals surface area (Å²) < 4.78 is 49.5. The number of aryl methyl sites for hydroxylation is 1. The Bertz CT molecular complexity index is 1540. The summed E-state index contributed by atoms with van der Waals surface area (Å²) in [6.45, 7) is 3.53. The van der Waals surface area contributed by atoms with Gasteiger partial charge in [0, 0.05) is 28.9 Å². The summed E-state index contributed by atoms with van der Waals surface area (Å²) in [5.41, 5.74) is 8.48. The SMILES string of the molecule is COc1ccc(S(=O)(=O)Cc2cccc(-c3cn(C4CCNCC4)c4ncnc(N)c34)c2F)cc1C. The maximum absolute atomic E-state index is 15.9. The van der Waals surface area contributed by atoms with Gasteiger partial charge < -0.3 is 20.4 Å². The van der Waals surface area contributed by atoms with Gasteiger partial charge >= 0.3 is 0 Å². The van der Waals surface area contributed by atoms with Gasteiger partial charge in [0.15, 0.2) is 9.84 Å². The number of nitrogens with one attached hydrogen (secondary N) is 1. The first-order chi connectivity index (χ1) is 17.3. The van der Waals surface area contributed by atoms with Crippen LogP contribution in [0.2, 0.25) is 0 Å². The molecule has 8 nitrogen and oxygen atoms in total. The first-order valence-corrected chi connectivity index (χ1v) is 13.4. The number of hydrogen-bond acceptors (Lipinski definition) is 7. The van der Waals surface area contributed by atoms with E-state index in [9.17, 15) is 8.42 Å². The van der Waals surface area contributed by atoms with Crippen LogP contribution >= 0.6 is 0 Å². The Hall–Kier alpha value is -3.50. The molecule has 3 N–H and O–H groups in total. The molecule has 2 aromatic heterocycles. The number of anilines is 1. The highest BCUT2D eigenvalue weighted by Gasteiger charge is 2.25. The number of halogens is 1. The van der Waals surface area contributed by atoms with Gasteiger partial charge in [-0.3, -0.25) is 0 Å². The summed E-state index contributed by atoms with van der Waals surface area (Å²) in [4.78, 5) is 8.71. The number of aromatic nitrogens is 3. The van der Waals surface area contributed by atoms with E-state index in [-0.39, 0.29) is 27.9 Å². The molecule has 2 aromatic carbocycles. The lowest BCUT2D eigenvalue weighted by molar-refractivity contribution is 0.375. The van der Waals surface area contributed by atoms with Crippen LogP contribution in [0, 0.1) is 12.7 Å². The Balaban J connectivity index is 1.57. The van der Waals surface area contributed by atoms with Gasteiger partial charge in [-0.25, -0.2) is 22.8 Å². The zero-order valence-electron chi connectivity index (χ0n) is 20.2. The van der Waals surface area contributed by atoms with E-state index in [1.807, 2.05) is 10.8 Å². The average molecular weight is 510 g/mol. The van der Waals surface area contributed by atoms with Crippen molar-refractivity contribution in [3.05, 3.63) is 65.9 Å². The van der Waals surface area contributed by atoms with Crippen molar-refractivity contribution in [3.8, 4) is 16.9 Å². The van der Waals surface area contributed by atoms with E-state index in [1.54, 1.807) is 31.2 Å². The Morgan fingerprint density at radius 3 is 2.67 bits per heavy atom.